The van der Waals surface area contributed by atoms with Crippen LogP contribution in [-0.4, -0.2) is 29.2 Å². The topological polar surface area (TPSA) is 90.8 Å². The number of hydrazone groups is 1. The molecule has 0 aliphatic heterocycles. The van der Waals surface area contributed by atoms with Gasteiger partial charge in [-0.05, 0) is 43.2 Å². The maximum Gasteiger partial charge on any atom is 0.281 e. The lowest BCUT2D eigenvalue weighted by atomic mass is 10.1. The van der Waals surface area contributed by atoms with Crippen LogP contribution in [0.1, 0.15) is 58.0 Å². The van der Waals surface area contributed by atoms with Crippen LogP contribution in [0.4, 0.5) is 0 Å². The second-order valence-electron chi connectivity index (χ2n) is 7.22. The van der Waals surface area contributed by atoms with E-state index >= 15 is 0 Å². The number of amides is 2. The zero-order valence-electron chi connectivity index (χ0n) is 18.1. The molecule has 0 aliphatic rings. The minimum absolute atomic E-state index is 0.0482. The smallest absolute Gasteiger partial charge is 0.281 e. The molecule has 3 rings (SSSR count). The molecule has 0 saturated heterocycles. The van der Waals surface area contributed by atoms with Crippen molar-refractivity contribution in [3.8, 4) is 16.2 Å². The SMILES string of the molecule is CCCCCNC(=O)c1ccc(C(=O)N/N=C(\C)c2csc(-c3ccc(Cl)c(Cl)c3)c2O)s1. The van der Waals surface area contributed by atoms with Crippen LogP contribution in [0.15, 0.2) is 40.8 Å². The van der Waals surface area contributed by atoms with E-state index in [1.807, 2.05) is 0 Å². The molecule has 0 spiro atoms. The lowest BCUT2D eigenvalue weighted by Gasteiger charge is -2.04. The Morgan fingerprint density at radius 3 is 2.48 bits per heavy atom. The summed E-state index contributed by atoms with van der Waals surface area (Å²) in [4.78, 5) is 26.1. The summed E-state index contributed by atoms with van der Waals surface area (Å²) < 4.78 is 0. The predicted octanol–water partition coefficient (Wildman–Crippen LogP) is 6.56. The Bertz CT molecular complexity index is 1190. The largest absolute Gasteiger partial charge is 0.506 e. The van der Waals surface area contributed by atoms with Crippen molar-refractivity contribution in [3.63, 3.8) is 0 Å². The molecule has 2 aromatic heterocycles. The predicted molar refractivity (Wildman–Crippen MR) is 137 cm³/mol. The number of halogens is 2. The van der Waals surface area contributed by atoms with Crippen LogP contribution in [0.2, 0.25) is 10.0 Å². The normalized spacial score (nSPS) is 11.5. The first-order valence-electron chi connectivity index (χ1n) is 10.3. The molecule has 3 N–H and O–H groups in total. The van der Waals surface area contributed by atoms with Gasteiger partial charge in [-0.15, -0.1) is 22.7 Å². The summed E-state index contributed by atoms with van der Waals surface area (Å²) in [5.74, 6) is -0.566. The average Bonchev–Trinajstić information content (AvgIpc) is 3.44. The van der Waals surface area contributed by atoms with Gasteiger partial charge in [-0.1, -0.05) is 49.0 Å². The Morgan fingerprint density at radius 2 is 1.79 bits per heavy atom. The van der Waals surface area contributed by atoms with Gasteiger partial charge in [-0.2, -0.15) is 5.10 Å². The fourth-order valence-electron chi connectivity index (χ4n) is 2.95. The number of unbranched alkanes of at least 4 members (excludes halogenated alkanes) is 2. The van der Waals surface area contributed by atoms with Crippen molar-refractivity contribution >= 4 is 63.4 Å². The average molecular weight is 524 g/mol. The first-order valence-corrected chi connectivity index (χ1v) is 12.8. The number of carbonyl (C=O) groups is 2. The summed E-state index contributed by atoms with van der Waals surface area (Å²) in [6.07, 6.45) is 3.07. The number of thiophene rings is 2. The van der Waals surface area contributed by atoms with Crippen LogP contribution in [0.25, 0.3) is 10.4 Å². The van der Waals surface area contributed by atoms with E-state index < -0.39 is 5.91 Å². The number of aromatic hydroxyl groups is 1. The molecule has 174 valence electrons. The van der Waals surface area contributed by atoms with Crippen molar-refractivity contribution in [2.45, 2.75) is 33.1 Å². The van der Waals surface area contributed by atoms with Crippen LogP contribution in [0, 0.1) is 0 Å². The molecule has 0 aliphatic carbocycles. The summed E-state index contributed by atoms with van der Waals surface area (Å²) in [7, 11) is 0. The third-order valence-electron chi connectivity index (χ3n) is 4.78. The molecule has 0 fully saturated rings. The highest BCUT2D eigenvalue weighted by molar-refractivity contribution is 7.16. The molecule has 6 nitrogen and oxygen atoms in total. The highest BCUT2D eigenvalue weighted by atomic mass is 35.5. The third-order valence-corrected chi connectivity index (χ3v) is 7.62. The van der Waals surface area contributed by atoms with Crippen molar-refractivity contribution in [1.29, 1.82) is 0 Å². The van der Waals surface area contributed by atoms with Gasteiger partial charge >= 0.3 is 0 Å². The molecule has 10 heteroatoms. The number of hydrogen-bond acceptors (Lipinski definition) is 6. The van der Waals surface area contributed by atoms with Crippen LogP contribution < -0.4 is 10.7 Å². The van der Waals surface area contributed by atoms with Gasteiger partial charge in [-0.25, -0.2) is 5.43 Å². The van der Waals surface area contributed by atoms with E-state index in [-0.39, 0.29) is 11.7 Å². The minimum atomic E-state index is -0.427. The van der Waals surface area contributed by atoms with Gasteiger partial charge in [0, 0.05) is 11.9 Å². The summed E-state index contributed by atoms with van der Waals surface area (Å²) in [6, 6.07) is 8.34. The zero-order valence-corrected chi connectivity index (χ0v) is 21.2. The lowest BCUT2D eigenvalue weighted by molar-refractivity contribution is 0.0951. The number of hydrogen-bond donors (Lipinski definition) is 3. The van der Waals surface area contributed by atoms with Gasteiger partial charge in [-0.3, -0.25) is 9.59 Å². The van der Waals surface area contributed by atoms with Gasteiger partial charge < -0.3 is 10.4 Å². The number of nitrogens with one attached hydrogen (secondary N) is 2. The Labute approximate surface area is 210 Å². The van der Waals surface area contributed by atoms with Gasteiger partial charge in [0.1, 0.15) is 5.75 Å². The van der Waals surface area contributed by atoms with Crippen LogP contribution in [-0.2, 0) is 0 Å². The summed E-state index contributed by atoms with van der Waals surface area (Å²) in [5, 5.41) is 20.2. The molecule has 1 aromatic carbocycles. The molecule has 0 bridgehead atoms. The lowest BCUT2D eigenvalue weighted by Crippen LogP contribution is -2.23. The van der Waals surface area contributed by atoms with E-state index in [1.165, 1.54) is 11.3 Å². The van der Waals surface area contributed by atoms with Crippen LogP contribution in [0.5, 0.6) is 5.75 Å². The van der Waals surface area contributed by atoms with Crippen molar-refractivity contribution in [2.24, 2.45) is 5.10 Å². The first kappa shape index (κ1) is 25.2. The molecule has 0 saturated carbocycles. The zero-order chi connectivity index (χ0) is 24.0. The highest BCUT2D eigenvalue weighted by Gasteiger charge is 2.17. The second-order valence-corrected chi connectivity index (χ2v) is 10.00. The standard InChI is InChI=1S/C23H23Cl2N3O3S2/c1-3-4-5-10-26-22(30)18-8-9-19(33-18)23(31)28-27-13(2)15-12-32-21(20(15)29)14-6-7-16(24)17(25)11-14/h6-9,11-12,29H,3-5,10H2,1-2H3,(H,26,30)(H,28,31)/b27-13+. The monoisotopic (exact) mass is 523 g/mol. The van der Waals surface area contributed by atoms with E-state index in [0.717, 1.165) is 36.2 Å². The van der Waals surface area contributed by atoms with Crippen LogP contribution in [0.3, 0.4) is 0 Å². The van der Waals surface area contributed by atoms with Crippen molar-refractivity contribution < 1.29 is 14.7 Å². The number of carbonyl (C=O) groups excluding carboxylic acids is 2. The molecule has 0 atom stereocenters. The van der Waals surface area contributed by atoms with Gasteiger partial charge in [0.05, 0.1) is 36.0 Å². The maximum atomic E-state index is 12.5. The maximum absolute atomic E-state index is 12.5. The van der Waals surface area contributed by atoms with Crippen molar-refractivity contribution in [2.75, 3.05) is 6.54 Å². The van der Waals surface area contributed by atoms with E-state index in [9.17, 15) is 14.7 Å². The molecular weight excluding hydrogens is 501 g/mol. The third kappa shape index (κ3) is 6.35. The Balaban J connectivity index is 1.65. The van der Waals surface area contributed by atoms with Gasteiger partial charge in [0.25, 0.3) is 11.8 Å². The van der Waals surface area contributed by atoms with E-state index in [2.05, 4.69) is 22.8 Å². The molecule has 0 unspecified atom stereocenters. The number of nitrogens with zero attached hydrogens (tertiary/aromatic N) is 1. The van der Waals surface area contributed by atoms with E-state index in [0.29, 0.717) is 42.5 Å². The second kappa shape index (κ2) is 11.7. The fraction of sp³-hybridized carbons (Fsp3) is 0.261. The summed E-state index contributed by atoms with van der Waals surface area (Å²) in [5.41, 5.74) is 4.15. The Morgan fingerprint density at radius 1 is 1.06 bits per heavy atom. The molecule has 0 radical (unpaired) electrons. The minimum Gasteiger partial charge on any atom is -0.506 e. The van der Waals surface area contributed by atoms with Gasteiger partial charge in [0.2, 0.25) is 0 Å². The molecule has 3 aromatic rings. The Hall–Kier alpha value is -2.39. The summed E-state index contributed by atoms with van der Waals surface area (Å²) in [6.45, 7) is 4.40. The number of benzene rings is 1. The van der Waals surface area contributed by atoms with Gasteiger partial charge in [0.15, 0.2) is 0 Å². The van der Waals surface area contributed by atoms with E-state index in [4.69, 9.17) is 23.2 Å². The molecule has 2 heterocycles. The van der Waals surface area contributed by atoms with Crippen molar-refractivity contribution in [3.05, 3.63) is 61.1 Å². The number of rotatable bonds is 9. The summed E-state index contributed by atoms with van der Waals surface area (Å²) >= 11 is 14.5. The van der Waals surface area contributed by atoms with Crippen molar-refractivity contribution in [1.82, 2.24) is 10.7 Å². The first-order chi connectivity index (χ1) is 15.8. The molecular formula is C23H23Cl2N3O3S2. The quantitative estimate of drug-likeness (QED) is 0.168. The van der Waals surface area contributed by atoms with Crippen LogP contribution >= 0.6 is 45.9 Å². The van der Waals surface area contributed by atoms with E-state index in [1.54, 1.807) is 42.6 Å². The Kier molecular flexibility index (Phi) is 8.91. The molecule has 2 amide bonds. The fourth-order valence-corrected chi connectivity index (χ4v) is 5.06. The highest BCUT2D eigenvalue weighted by Crippen LogP contribution is 2.40. The molecule has 33 heavy (non-hydrogen) atoms.